The van der Waals surface area contributed by atoms with E-state index in [1.807, 2.05) is 25.1 Å². The molecule has 2 N–H and O–H groups in total. The number of para-hydroxylation sites is 1. The molecule has 114 valence electrons. The molecule has 6 heteroatoms. The number of oxime groups is 1. The Morgan fingerprint density at radius 1 is 1.27 bits per heavy atom. The summed E-state index contributed by atoms with van der Waals surface area (Å²) in [5.74, 6) is 0.0656. The van der Waals surface area contributed by atoms with Crippen LogP contribution in [-0.4, -0.2) is 22.9 Å². The van der Waals surface area contributed by atoms with Gasteiger partial charge >= 0.3 is 5.97 Å². The van der Waals surface area contributed by atoms with Crippen molar-refractivity contribution < 1.29 is 14.4 Å². The molecule has 0 aliphatic carbocycles. The number of benzene rings is 1. The van der Waals surface area contributed by atoms with Crippen LogP contribution in [-0.2, 0) is 9.63 Å². The Labute approximate surface area is 128 Å². The first-order valence-corrected chi connectivity index (χ1v) is 6.75. The van der Waals surface area contributed by atoms with Crippen molar-refractivity contribution in [2.75, 3.05) is 0 Å². The highest BCUT2D eigenvalue weighted by atomic mass is 16.7. The summed E-state index contributed by atoms with van der Waals surface area (Å²) < 4.78 is 5.55. The zero-order valence-corrected chi connectivity index (χ0v) is 12.4. The van der Waals surface area contributed by atoms with Crippen LogP contribution in [0.4, 0.5) is 0 Å². The number of aryl methyl sites for hydroxylation is 1. The molecule has 0 aliphatic heterocycles. The topological polar surface area (TPSA) is 86.8 Å². The predicted molar refractivity (Wildman–Crippen MR) is 82.3 cm³/mol. The van der Waals surface area contributed by atoms with Gasteiger partial charge in [-0.3, -0.25) is 4.98 Å². The van der Waals surface area contributed by atoms with Crippen molar-refractivity contribution in [1.29, 1.82) is 0 Å². The maximum atomic E-state index is 11.9. The fourth-order valence-electron chi connectivity index (χ4n) is 1.66. The molecule has 0 aliphatic rings. The van der Waals surface area contributed by atoms with E-state index in [4.69, 9.17) is 15.3 Å². The highest BCUT2D eigenvalue weighted by Crippen LogP contribution is 2.18. The number of amidine groups is 1. The molecule has 6 nitrogen and oxygen atoms in total. The van der Waals surface area contributed by atoms with Crippen LogP contribution in [0.25, 0.3) is 0 Å². The van der Waals surface area contributed by atoms with Crippen LogP contribution in [0.3, 0.4) is 0 Å². The Balaban J connectivity index is 1.96. The van der Waals surface area contributed by atoms with Crippen LogP contribution in [0, 0.1) is 6.92 Å². The Bertz CT molecular complexity index is 671. The SMILES string of the molecule is Cc1ccccc1OC(C)C(=O)O/N=C(\N)c1cccnc1. The zero-order valence-electron chi connectivity index (χ0n) is 12.4. The number of aromatic nitrogens is 1. The average Bonchev–Trinajstić information content (AvgIpc) is 2.55. The summed E-state index contributed by atoms with van der Waals surface area (Å²) in [6.07, 6.45) is 2.34. The van der Waals surface area contributed by atoms with Crippen molar-refractivity contribution in [3.8, 4) is 5.75 Å². The first-order valence-electron chi connectivity index (χ1n) is 6.75. The average molecular weight is 299 g/mol. The molecule has 1 atom stereocenters. The van der Waals surface area contributed by atoms with Gasteiger partial charge in [-0.05, 0) is 37.6 Å². The summed E-state index contributed by atoms with van der Waals surface area (Å²) in [5, 5.41) is 3.60. The maximum Gasteiger partial charge on any atom is 0.374 e. The Kier molecular flexibility index (Phi) is 5.08. The fourth-order valence-corrected chi connectivity index (χ4v) is 1.66. The molecule has 0 saturated carbocycles. The minimum atomic E-state index is -0.799. The molecule has 2 aromatic rings. The molecule has 22 heavy (non-hydrogen) atoms. The first kappa shape index (κ1) is 15.5. The number of nitrogens with zero attached hydrogens (tertiary/aromatic N) is 2. The first-order chi connectivity index (χ1) is 10.6. The number of nitrogens with two attached hydrogens (primary N) is 1. The van der Waals surface area contributed by atoms with E-state index in [0.717, 1.165) is 5.56 Å². The van der Waals surface area contributed by atoms with Crippen LogP contribution < -0.4 is 10.5 Å². The van der Waals surface area contributed by atoms with E-state index in [0.29, 0.717) is 11.3 Å². The molecule has 0 amide bonds. The van der Waals surface area contributed by atoms with Gasteiger partial charge in [-0.15, -0.1) is 0 Å². The molecule has 0 spiro atoms. The number of rotatable bonds is 5. The highest BCUT2D eigenvalue weighted by Gasteiger charge is 2.18. The van der Waals surface area contributed by atoms with Gasteiger partial charge in [-0.1, -0.05) is 23.4 Å². The monoisotopic (exact) mass is 299 g/mol. The van der Waals surface area contributed by atoms with Gasteiger partial charge in [0, 0.05) is 18.0 Å². The van der Waals surface area contributed by atoms with Gasteiger partial charge in [-0.25, -0.2) is 4.79 Å². The van der Waals surface area contributed by atoms with Gasteiger partial charge in [0.05, 0.1) is 0 Å². The van der Waals surface area contributed by atoms with E-state index in [1.165, 1.54) is 6.20 Å². The molecular formula is C16H17N3O3. The largest absolute Gasteiger partial charge is 0.479 e. The Morgan fingerprint density at radius 2 is 2.05 bits per heavy atom. The highest BCUT2D eigenvalue weighted by molar-refractivity contribution is 5.97. The smallest absolute Gasteiger partial charge is 0.374 e. The van der Waals surface area contributed by atoms with E-state index in [2.05, 4.69) is 10.1 Å². The second-order valence-corrected chi connectivity index (χ2v) is 4.65. The quantitative estimate of drug-likeness (QED) is 0.395. The minimum Gasteiger partial charge on any atom is -0.479 e. The number of carbonyl (C=O) groups is 1. The van der Waals surface area contributed by atoms with Gasteiger partial charge in [-0.2, -0.15) is 0 Å². The van der Waals surface area contributed by atoms with Crippen LogP contribution in [0.2, 0.25) is 0 Å². The molecule has 1 aromatic carbocycles. The van der Waals surface area contributed by atoms with Crippen molar-refractivity contribution >= 4 is 11.8 Å². The third kappa shape index (κ3) is 4.05. The summed E-state index contributed by atoms with van der Waals surface area (Å²) in [6, 6.07) is 10.8. The standard InChI is InChI=1S/C16H17N3O3/c1-11-6-3-4-8-14(11)21-12(2)16(20)22-19-15(17)13-7-5-9-18-10-13/h3-10,12H,1-2H3,(H2,17,19). The van der Waals surface area contributed by atoms with Crippen LogP contribution >= 0.6 is 0 Å². The van der Waals surface area contributed by atoms with E-state index in [1.54, 1.807) is 31.3 Å². The number of carbonyl (C=O) groups excluding carboxylic acids is 1. The molecule has 0 bridgehead atoms. The van der Waals surface area contributed by atoms with Gasteiger partial charge < -0.3 is 15.3 Å². The molecule has 0 radical (unpaired) electrons. The predicted octanol–water partition coefficient (Wildman–Crippen LogP) is 2.02. The Morgan fingerprint density at radius 3 is 2.73 bits per heavy atom. The van der Waals surface area contributed by atoms with Gasteiger partial charge in [0.2, 0.25) is 0 Å². The number of hydrogen-bond acceptors (Lipinski definition) is 5. The van der Waals surface area contributed by atoms with Gasteiger partial charge in [0.15, 0.2) is 11.9 Å². The zero-order chi connectivity index (χ0) is 15.9. The number of pyridine rings is 1. The summed E-state index contributed by atoms with van der Waals surface area (Å²) >= 11 is 0. The lowest BCUT2D eigenvalue weighted by molar-refractivity contribution is -0.151. The third-order valence-electron chi connectivity index (χ3n) is 2.92. The van der Waals surface area contributed by atoms with Gasteiger partial charge in [0.1, 0.15) is 5.75 Å². The minimum absolute atomic E-state index is 0.0736. The third-order valence-corrected chi connectivity index (χ3v) is 2.92. The lowest BCUT2D eigenvalue weighted by Gasteiger charge is -2.13. The molecule has 1 aromatic heterocycles. The molecular weight excluding hydrogens is 282 g/mol. The lowest BCUT2D eigenvalue weighted by atomic mass is 10.2. The molecule has 0 saturated heterocycles. The van der Waals surface area contributed by atoms with Crippen molar-refractivity contribution in [3.63, 3.8) is 0 Å². The molecule has 1 unspecified atom stereocenters. The Hall–Kier alpha value is -2.89. The van der Waals surface area contributed by atoms with Crippen molar-refractivity contribution in [2.24, 2.45) is 10.9 Å². The summed E-state index contributed by atoms with van der Waals surface area (Å²) in [5.41, 5.74) is 7.22. The number of hydrogen-bond donors (Lipinski definition) is 1. The second kappa shape index (κ2) is 7.21. The maximum absolute atomic E-state index is 11.9. The summed E-state index contributed by atoms with van der Waals surface area (Å²) in [6.45, 7) is 3.48. The van der Waals surface area contributed by atoms with E-state index < -0.39 is 12.1 Å². The second-order valence-electron chi connectivity index (χ2n) is 4.65. The van der Waals surface area contributed by atoms with E-state index in [-0.39, 0.29) is 5.84 Å². The van der Waals surface area contributed by atoms with Crippen molar-refractivity contribution in [3.05, 3.63) is 59.9 Å². The van der Waals surface area contributed by atoms with Crippen LogP contribution in [0.15, 0.2) is 53.9 Å². The number of ether oxygens (including phenoxy) is 1. The normalized spacial score (nSPS) is 12.5. The molecule has 2 rings (SSSR count). The molecule has 1 heterocycles. The fraction of sp³-hybridized carbons (Fsp3) is 0.188. The summed E-state index contributed by atoms with van der Waals surface area (Å²) in [7, 11) is 0. The van der Waals surface area contributed by atoms with E-state index in [9.17, 15) is 4.79 Å². The lowest BCUT2D eigenvalue weighted by Crippen LogP contribution is -2.26. The van der Waals surface area contributed by atoms with E-state index >= 15 is 0 Å². The molecule has 0 fully saturated rings. The van der Waals surface area contributed by atoms with Crippen molar-refractivity contribution in [1.82, 2.24) is 4.98 Å². The van der Waals surface area contributed by atoms with Crippen LogP contribution in [0.5, 0.6) is 5.75 Å². The summed E-state index contributed by atoms with van der Waals surface area (Å²) in [4.78, 5) is 20.6. The van der Waals surface area contributed by atoms with Crippen LogP contribution in [0.1, 0.15) is 18.1 Å². The van der Waals surface area contributed by atoms with Gasteiger partial charge in [0.25, 0.3) is 0 Å². The van der Waals surface area contributed by atoms with Crippen molar-refractivity contribution in [2.45, 2.75) is 20.0 Å².